The number of hydrogen-bond acceptors (Lipinski definition) is 6. The summed E-state index contributed by atoms with van der Waals surface area (Å²) in [6.45, 7) is 4.40. The third kappa shape index (κ3) is 4.38. The van der Waals surface area contributed by atoms with Gasteiger partial charge in [-0.15, -0.1) is 10.2 Å². The van der Waals surface area contributed by atoms with Crippen molar-refractivity contribution in [2.45, 2.75) is 31.8 Å². The number of carbonyl (C=O) groups excluding carboxylic acids is 1. The molecule has 0 saturated heterocycles. The monoisotopic (exact) mass is 456 g/mol. The number of aryl methyl sites for hydroxylation is 3. The summed E-state index contributed by atoms with van der Waals surface area (Å²) in [5.41, 5.74) is 4.25. The number of carbonyl (C=O) groups is 1. The molecule has 0 amide bonds. The van der Waals surface area contributed by atoms with E-state index in [0.717, 1.165) is 35.5 Å². The van der Waals surface area contributed by atoms with Crippen LogP contribution < -0.4 is 4.31 Å². The van der Waals surface area contributed by atoms with Crippen LogP contribution in [0, 0.1) is 13.8 Å². The molecule has 1 aliphatic rings. The van der Waals surface area contributed by atoms with Gasteiger partial charge in [-0.05, 0) is 62.1 Å². The molecule has 0 aliphatic carbocycles. The number of nitrogens with zero attached hydrogens (tertiary/aromatic N) is 4. The Kier molecular flexibility index (Phi) is 5.90. The summed E-state index contributed by atoms with van der Waals surface area (Å²) in [6.07, 6.45) is 2.71. The van der Waals surface area contributed by atoms with Gasteiger partial charge in [0, 0.05) is 12.1 Å². The fourth-order valence-electron chi connectivity index (χ4n) is 3.82. The number of ketones is 1. The Labute approximate surface area is 186 Å². The number of benzene rings is 2. The van der Waals surface area contributed by atoms with Crippen molar-refractivity contribution in [1.82, 2.24) is 14.8 Å². The van der Waals surface area contributed by atoms with Crippen molar-refractivity contribution in [2.24, 2.45) is 0 Å². The number of sulfonamides is 1. The lowest BCUT2D eigenvalue weighted by atomic mass is 9.99. The summed E-state index contributed by atoms with van der Waals surface area (Å²) in [5.74, 6) is 0.957. The molecule has 1 aliphatic heterocycles. The summed E-state index contributed by atoms with van der Waals surface area (Å²) in [7, 11) is -3.32. The Bertz CT molecular complexity index is 1250. The molecule has 0 spiro atoms. The first-order valence-corrected chi connectivity index (χ1v) is 12.8. The van der Waals surface area contributed by atoms with Crippen LogP contribution in [0.4, 0.5) is 5.69 Å². The molecule has 0 unspecified atom stereocenters. The minimum atomic E-state index is -3.32. The van der Waals surface area contributed by atoms with Gasteiger partial charge in [0.25, 0.3) is 0 Å². The molecular formula is C22H24N4O3S2. The van der Waals surface area contributed by atoms with Crippen molar-refractivity contribution in [1.29, 1.82) is 0 Å². The van der Waals surface area contributed by atoms with Gasteiger partial charge in [-0.3, -0.25) is 13.7 Å². The summed E-state index contributed by atoms with van der Waals surface area (Å²) >= 11 is 1.35. The summed E-state index contributed by atoms with van der Waals surface area (Å²) in [4.78, 5) is 12.9. The standard InChI is InChI=1S/C22H24N4O3S2/c1-15-7-4-5-9-19(15)26-16(2)23-24-22(26)30-14-21(27)18-10-11-20-17(13-18)8-6-12-25(20)31(3,28)29/h4-5,7,9-11,13H,6,8,12,14H2,1-3H3. The minimum absolute atomic E-state index is 0.0266. The topological polar surface area (TPSA) is 85.2 Å². The second kappa shape index (κ2) is 8.47. The van der Waals surface area contributed by atoms with Crippen molar-refractivity contribution < 1.29 is 13.2 Å². The van der Waals surface area contributed by atoms with E-state index < -0.39 is 10.0 Å². The second-order valence-corrected chi connectivity index (χ2v) is 10.5. The Balaban J connectivity index is 1.54. The smallest absolute Gasteiger partial charge is 0.232 e. The molecule has 0 N–H and O–H groups in total. The zero-order valence-corrected chi connectivity index (χ0v) is 19.3. The van der Waals surface area contributed by atoms with Crippen LogP contribution >= 0.6 is 11.8 Å². The molecule has 0 bridgehead atoms. The molecule has 2 heterocycles. The maximum atomic E-state index is 12.9. The van der Waals surface area contributed by atoms with Crippen molar-refractivity contribution in [3.63, 3.8) is 0 Å². The van der Waals surface area contributed by atoms with E-state index in [1.807, 2.05) is 48.7 Å². The van der Waals surface area contributed by atoms with Crippen LogP contribution in [0.15, 0.2) is 47.6 Å². The molecule has 0 atom stereocenters. The summed E-state index contributed by atoms with van der Waals surface area (Å²) in [5, 5.41) is 9.12. The Hall–Kier alpha value is -2.65. The molecule has 1 aromatic heterocycles. The number of thioether (sulfide) groups is 1. The Morgan fingerprint density at radius 2 is 1.87 bits per heavy atom. The van der Waals surface area contributed by atoms with Crippen molar-refractivity contribution in [3.05, 3.63) is 65.0 Å². The number of aromatic nitrogens is 3. The van der Waals surface area contributed by atoms with E-state index in [-0.39, 0.29) is 11.5 Å². The van der Waals surface area contributed by atoms with Crippen LogP contribution in [0.3, 0.4) is 0 Å². The van der Waals surface area contributed by atoms with Crippen molar-refractivity contribution >= 4 is 33.3 Å². The Morgan fingerprint density at radius 3 is 2.61 bits per heavy atom. The fraction of sp³-hybridized carbons (Fsp3) is 0.318. The van der Waals surface area contributed by atoms with Crippen LogP contribution in [0.1, 0.15) is 33.7 Å². The first-order chi connectivity index (χ1) is 14.8. The van der Waals surface area contributed by atoms with E-state index >= 15 is 0 Å². The largest absolute Gasteiger partial charge is 0.293 e. The molecule has 0 radical (unpaired) electrons. The van der Waals surface area contributed by atoms with Crippen LogP contribution in [-0.2, 0) is 16.4 Å². The molecular weight excluding hydrogens is 432 g/mol. The summed E-state index contributed by atoms with van der Waals surface area (Å²) < 4.78 is 27.5. The van der Waals surface area contributed by atoms with Gasteiger partial charge in [0.1, 0.15) is 5.82 Å². The molecule has 162 valence electrons. The lowest BCUT2D eigenvalue weighted by Gasteiger charge is -2.29. The SMILES string of the molecule is Cc1ccccc1-n1c(C)nnc1SCC(=O)c1ccc2c(c1)CCCN2S(C)(=O)=O. The zero-order chi connectivity index (χ0) is 22.2. The van der Waals surface area contributed by atoms with E-state index in [1.165, 1.54) is 22.3 Å². The first-order valence-electron chi connectivity index (χ1n) is 10.0. The van der Waals surface area contributed by atoms with Gasteiger partial charge in [-0.2, -0.15) is 0 Å². The predicted octanol–water partition coefficient (Wildman–Crippen LogP) is 3.57. The molecule has 0 saturated carbocycles. The lowest BCUT2D eigenvalue weighted by molar-refractivity contribution is 0.102. The molecule has 9 heteroatoms. The van der Waals surface area contributed by atoms with E-state index in [9.17, 15) is 13.2 Å². The Morgan fingerprint density at radius 1 is 1.10 bits per heavy atom. The molecule has 3 aromatic rings. The molecule has 2 aromatic carbocycles. The quantitative estimate of drug-likeness (QED) is 0.416. The third-order valence-corrected chi connectivity index (χ3v) is 7.47. The van der Waals surface area contributed by atoms with Crippen LogP contribution in [-0.4, -0.2) is 47.5 Å². The molecule has 7 nitrogen and oxygen atoms in total. The fourth-order valence-corrected chi connectivity index (χ4v) is 5.70. The zero-order valence-electron chi connectivity index (χ0n) is 17.7. The molecule has 4 rings (SSSR count). The lowest BCUT2D eigenvalue weighted by Crippen LogP contribution is -2.34. The highest BCUT2D eigenvalue weighted by Crippen LogP contribution is 2.31. The van der Waals surface area contributed by atoms with E-state index in [4.69, 9.17) is 0 Å². The number of Topliss-reactive ketones (excluding diaryl/α,β-unsaturated/α-hetero) is 1. The van der Waals surface area contributed by atoms with Gasteiger partial charge >= 0.3 is 0 Å². The maximum absolute atomic E-state index is 12.9. The number of anilines is 1. The number of fused-ring (bicyclic) bond motifs is 1. The predicted molar refractivity (Wildman–Crippen MR) is 123 cm³/mol. The van der Waals surface area contributed by atoms with Gasteiger partial charge in [-0.1, -0.05) is 30.0 Å². The maximum Gasteiger partial charge on any atom is 0.232 e. The molecule has 31 heavy (non-hydrogen) atoms. The minimum Gasteiger partial charge on any atom is -0.293 e. The van der Waals surface area contributed by atoms with Crippen LogP contribution in [0.2, 0.25) is 0 Å². The number of para-hydroxylation sites is 1. The van der Waals surface area contributed by atoms with Crippen molar-refractivity contribution in [3.8, 4) is 5.69 Å². The van der Waals surface area contributed by atoms with Gasteiger partial charge < -0.3 is 0 Å². The average Bonchev–Trinajstić information content (AvgIpc) is 3.11. The van der Waals surface area contributed by atoms with Gasteiger partial charge in [0.05, 0.1) is 23.4 Å². The van der Waals surface area contributed by atoms with E-state index in [1.54, 1.807) is 12.1 Å². The van der Waals surface area contributed by atoms with Gasteiger partial charge in [-0.25, -0.2) is 8.42 Å². The highest BCUT2D eigenvalue weighted by atomic mass is 32.2. The van der Waals surface area contributed by atoms with Crippen molar-refractivity contribution in [2.75, 3.05) is 22.9 Å². The normalized spacial score (nSPS) is 13.8. The van der Waals surface area contributed by atoms with Crippen LogP contribution in [0.25, 0.3) is 5.69 Å². The van der Waals surface area contributed by atoms with E-state index in [2.05, 4.69) is 10.2 Å². The second-order valence-electron chi connectivity index (χ2n) is 7.65. The van der Waals surface area contributed by atoms with Crippen LogP contribution in [0.5, 0.6) is 0 Å². The van der Waals surface area contributed by atoms with E-state index in [0.29, 0.717) is 23.0 Å². The average molecular weight is 457 g/mol. The van der Waals surface area contributed by atoms with Gasteiger partial charge in [0.15, 0.2) is 10.9 Å². The highest BCUT2D eigenvalue weighted by molar-refractivity contribution is 7.99. The number of hydrogen-bond donors (Lipinski definition) is 0. The third-order valence-electron chi connectivity index (χ3n) is 5.36. The highest BCUT2D eigenvalue weighted by Gasteiger charge is 2.25. The summed E-state index contributed by atoms with van der Waals surface area (Å²) in [6, 6.07) is 13.3. The number of rotatable bonds is 6. The first kappa shape index (κ1) is 21.6. The van der Waals surface area contributed by atoms with Gasteiger partial charge in [0.2, 0.25) is 10.0 Å². The molecule has 0 fully saturated rings.